The predicted octanol–water partition coefficient (Wildman–Crippen LogP) is 2.59. The molecule has 0 saturated carbocycles. The van der Waals surface area contributed by atoms with Crippen molar-refractivity contribution >= 4 is 0 Å². The van der Waals surface area contributed by atoms with Crippen LogP contribution in [0, 0.1) is 5.92 Å². The fourth-order valence-corrected chi connectivity index (χ4v) is 1.24. The number of methoxy groups -OCH3 is 1. The first-order chi connectivity index (χ1) is 6.87. The second kappa shape index (κ2) is 7.06. The van der Waals surface area contributed by atoms with Crippen LogP contribution in [0.15, 0.2) is 0 Å². The summed E-state index contributed by atoms with van der Waals surface area (Å²) in [5, 5.41) is 3.07. The third kappa shape index (κ3) is 8.69. The van der Waals surface area contributed by atoms with Crippen molar-refractivity contribution < 1.29 is 17.9 Å². The van der Waals surface area contributed by atoms with Crippen LogP contribution in [-0.2, 0) is 4.74 Å². The van der Waals surface area contributed by atoms with Gasteiger partial charge in [0.05, 0.1) is 6.61 Å². The van der Waals surface area contributed by atoms with E-state index in [1.54, 1.807) is 7.11 Å². The SMILES string of the molecule is COCC(NCCCC(F)(F)F)C(C)C. The van der Waals surface area contributed by atoms with Gasteiger partial charge < -0.3 is 10.1 Å². The molecule has 92 valence electrons. The maximum Gasteiger partial charge on any atom is 0.389 e. The van der Waals surface area contributed by atoms with Gasteiger partial charge in [-0.05, 0) is 18.9 Å². The molecule has 1 N–H and O–H groups in total. The number of halogens is 3. The lowest BCUT2D eigenvalue weighted by molar-refractivity contribution is -0.135. The minimum absolute atomic E-state index is 0.121. The van der Waals surface area contributed by atoms with Gasteiger partial charge in [0.2, 0.25) is 0 Å². The average molecular weight is 227 g/mol. The van der Waals surface area contributed by atoms with Crippen molar-refractivity contribution in [3.63, 3.8) is 0 Å². The second-order valence-corrected chi connectivity index (χ2v) is 3.98. The Hall–Kier alpha value is -0.290. The summed E-state index contributed by atoms with van der Waals surface area (Å²) in [7, 11) is 1.59. The van der Waals surface area contributed by atoms with Crippen molar-refractivity contribution in [2.24, 2.45) is 5.92 Å². The van der Waals surface area contributed by atoms with E-state index in [4.69, 9.17) is 4.74 Å². The number of alkyl halides is 3. The maximum absolute atomic E-state index is 11.8. The van der Waals surface area contributed by atoms with Gasteiger partial charge in [0.25, 0.3) is 0 Å². The van der Waals surface area contributed by atoms with E-state index in [2.05, 4.69) is 5.32 Å². The monoisotopic (exact) mass is 227 g/mol. The minimum atomic E-state index is -4.05. The summed E-state index contributed by atoms with van der Waals surface area (Å²) in [5.41, 5.74) is 0. The Labute approximate surface area is 89.2 Å². The van der Waals surface area contributed by atoms with E-state index in [1.165, 1.54) is 0 Å². The molecule has 0 aliphatic heterocycles. The van der Waals surface area contributed by atoms with Crippen LogP contribution in [-0.4, -0.2) is 32.5 Å². The van der Waals surface area contributed by atoms with Crippen LogP contribution in [0.25, 0.3) is 0 Å². The Morgan fingerprint density at radius 1 is 1.27 bits per heavy atom. The summed E-state index contributed by atoms with van der Waals surface area (Å²) in [6.07, 6.45) is -4.65. The lowest BCUT2D eigenvalue weighted by Gasteiger charge is -2.21. The first-order valence-corrected chi connectivity index (χ1v) is 5.16. The van der Waals surface area contributed by atoms with Crippen molar-refractivity contribution in [3.8, 4) is 0 Å². The van der Waals surface area contributed by atoms with Gasteiger partial charge in [-0.15, -0.1) is 0 Å². The third-order valence-corrected chi connectivity index (χ3v) is 2.19. The smallest absolute Gasteiger partial charge is 0.383 e. The Kier molecular flexibility index (Phi) is 6.92. The summed E-state index contributed by atoms with van der Waals surface area (Å²) >= 11 is 0. The summed E-state index contributed by atoms with van der Waals surface area (Å²) < 4.78 is 40.5. The topological polar surface area (TPSA) is 21.3 Å². The lowest BCUT2D eigenvalue weighted by Crippen LogP contribution is -2.38. The highest BCUT2D eigenvalue weighted by molar-refractivity contribution is 4.69. The first kappa shape index (κ1) is 14.7. The highest BCUT2D eigenvalue weighted by atomic mass is 19.4. The molecule has 1 unspecified atom stereocenters. The molecular formula is C10H20F3NO. The second-order valence-electron chi connectivity index (χ2n) is 3.98. The Balaban J connectivity index is 3.62. The van der Waals surface area contributed by atoms with Crippen molar-refractivity contribution in [1.82, 2.24) is 5.32 Å². The zero-order valence-corrected chi connectivity index (χ0v) is 9.53. The zero-order chi connectivity index (χ0) is 11.9. The highest BCUT2D eigenvalue weighted by Crippen LogP contribution is 2.20. The molecule has 0 bridgehead atoms. The fraction of sp³-hybridized carbons (Fsp3) is 1.00. The predicted molar refractivity (Wildman–Crippen MR) is 53.8 cm³/mol. The van der Waals surface area contributed by atoms with Gasteiger partial charge in [-0.25, -0.2) is 0 Å². The molecule has 0 spiro atoms. The van der Waals surface area contributed by atoms with E-state index in [0.717, 1.165) is 0 Å². The van der Waals surface area contributed by atoms with Crippen LogP contribution >= 0.6 is 0 Å². The number of rotatable bonds is 7. The van der Waals surface area contributed by atoms with Gasteiger partial charge in [-0.3, -0.25) is 0 Å². The van der Waals surface area contributed by atoms with E-state index in [0.29, 0.717) is 19.1 Å². The number of ether oxygens (including phenoxy) is 1. The molecule has 0 amide bonds. The van der Waals surface area contributed by atoms with Crippen molar-refractivity contribution in [2.45, 2.75) is 38.9 Å². The quantitative estimate of drug-likeness (QED) is 0.675. The Morgan fingerprint density at radius 2 is 1.87 bits per heavy atom. The molecule has 0 heterocycles. The molecule has 0 aliphatic rings. The molecule has 0 aromatic heterocycles. The van der Waals surface area contributed by atoms with Crippen molar-refractivity contribution in [1.29, 1.82) is 0 Å². The van der Waals surface area contributed by atoms with E-state index < -0.39 is 12.6 Å². The summed E-state index contributed by atoms with van der Waals surface area (Å²) in [4.78, 5) is 0. The van der Waals surface area contributed by atoms with E-state index in [1.807, 2.05) is 13.8 Å². The largest absolute Gasteiger partial charge is 0.389 e. The van der Waals surface area contributed by atoms with Crippen LogP contribution in [0.1, 0.15) is 26.7 Å². The molecule has 0 saturated heterocycles. The van der Waals surface area contributed by atoms with E-state index in [-0.39, 0.29) is 12.5 Å². The number of hydrogen-bond donors (Lipinski definition) is 1. The van der Waals surface area contributed by atoms with Gasteiger partial charge in [0.1, 0.15) is 0 Å². The number of hydrogen-bond acceptors (Lipinski definition) is 2. The van der Waals surface area contributed by atoms with Crippen LogP contribution in [0.3, 0.4) is 0 Å². The Morgan fingerprint density at radius 3 is 2.27 bits per heavy atom. The van der Waals surface area contributed by atoms with Gasteiger partial charge in [-0.2, -0.15) is 13.2 Å². The van der Waals surface area contributed by atoms with Gasteiger partial charge in [0, 0.05) is 19.6 Å². The molecule has 0 aromatic carbocycles. The van der Waals surface area contributed by atoms with Crippen molar-refractivity contribution in [2.75, 3.05) is 20.3 Å². The van der Waals surface area contributed by atoms with Gasteiger partial charge in [-0.1, -0.05) is 13.8 Å². The molecule has 5 heteroatoms. The van der Waals surface area contributed by atoms with E-state index in [9.17, 15) is 13.2 Å². The van der Waals surface area contributed by atoms with Crippen LogP contribution in [0.4, 0.5) is 13.2 Å². The van der Waals surface area contributed by atoms with Crippen LogP contribution in [0.5, 0.6) is 0 Å². The Bertz CT molecular complexity index is 159. The summed E-state index contributed by atoms with van der Waals surface area (Å²) in [6, 6.07) is 0.128. The number of nitrogens with one attached hydrogen (secondary N) is 1. The molecule has 0 fully saturated rings. The zero-order valence-electron chi connectivity index (χ0n) is 9.53. The van der Waals surface area contributed by atoms with Crippen LogP contribution < -0.4 is 5.32 Å². The average Bonchev–Trinajstić information content (AvgIpc) is 2.08. The molecule has 2 nitrogen and oxygen atoms in total. The molecule has 0 rings (SSSR count). The van der Waals surface area contributed by atoms with Crippen LogP contribution in [0.2, 0.25) is 0 Å². The summed E-state index contributed by atoms with van der Waals surface area (Å²) in [6.45, 7) is 4.94. The molecule has 0 aromatic rings. The molecular weight excluding hydrogens is 207 g/mol. The normalized spacial score (nSPS) is 14.6. The summed E-state index contributed by atoms with van der Waals surface area (Å²) in [5.74, 6) is 0.357. The van der Waals surface area contributed by atoms with Gasteiger partial charge >= 0.3 is 6.18 Å². The lowest BCUT2D eigenvalue weighted by atomic mass is 10.1. The minimum Gasteiger partial charge on any atom is -0.383 e. The molecule has 0 radical (unpaired) electrons. The van der Waals surface area contributed by atoms with Crippen molar-refractivity contribution in [3.05, 3.63) is 0 Å². The fourth-order valence-electron chi connectivity index (χ4n) is 1.24. The molecule has 15 heavy (non-hydrogen) atoms. The van der Waals surface area contributed by atoms with E-state index >= 15 is 0 Å². The molecule has 1 atom stereocenters. The standard InChI is InChI=1S/C10H20F3NO/c1-8(2)9(7-15-3)14-6-4-5-10(11,12)13/h8-9,14H,4-7H2,1-3H3. The first-order valence-electron chi connectivity index (χ1n) is 5.16. The highest BCUT2D eigenvalue weighted by Gasteiger charge is 2.26. The maximum atomic E-state index is 11.8. The third-order valence-electron chi connectivity index (χ3n) is 2.19. The molecule has 0 aliphatic carbocycles. The van der Waals surface area contributed by atoms with Gasteiger partial charge in [0.15, 0.2) is 0 Å².